The topological polar surface area (TPSA) is 129 Å². The number of aryl methyl sites for hydroxylation is 2. The highest BCUT2D eigenvalue weighted by molar-refractivity contribution is 6.00. The fourth-order valence-corrected chi connectivity index (χ4v) is 5.95. The second-order valence-corrected chi connectivity index (χ2v) is 13.2. The maximum Gasteiger partial charge on any atom is 0.435 e. The van der Waals surface area contributed by atoms with E-state index in [9.17, 15) is 4.79 Å². The maximum atomic E-state index is 12.8. The lowest BCUT2D eigenvalue weighted by molar-refractivity contribution is 0.0514. The molecule has 3 N–H and O–H groups in total. The lowest BCUT2D eigenvalue weighted by Gasteiger charge is -2.24. The summed E-state index contributed by atoms with van der Waals surface area (Å²) in [6, 6.07) is 10.2. The van der Waals surface area contributed by atoms with E-state index >= 15 is 0 Å². The molecule has 0 fully saturated rings. The molecule has 47 heavy (non-hydrogen) atoms. The molecule has 0 saturated heterocycles. The standard InChI is InChI=1S/C35H43N9O3/c1-35(2,3)47-34(45)44-20-23(18-38-44)25-19-37-33(39-28-16-27(36)29(17-30(28)46-7)42(6)15-14-41(4)5)40-31(25)26-21-43-13-9-11-22-10-8-12-24(26)32(22)43/h8,10,12,16-21H,9,11,13-15,36H2,1-7H3,(H,37,39,40). The van der Waals surface area contributed by atoms with E-state index in [0.29, 0.717) is 34.3 Å². The zero-order valence-electron chi connectivity index (χ0n) is 28.2. The van der Waals surface area contributed by atoms with Crippen molar-refractivity contribution in [2.24, 2.45) is 0 Å². The lowest BCUT2D eigenvalue weighted by atomic mass is 9.99. The Kier molecular flexibility index (Phi) is 8.54. The number of carbonyl (C=O) groups is 1. The van der Waals surface area contributed by atoms with E-state index in [1.807, 2.05) is 54.0 Å². The number of nitrogens with two attached hydrogens (primary N) is 1. The highest BCUT2D eigenvalue weighted by atomic mass is 16.6. The maximum absolute atomic E-state index is 12.8. The molecule has 6 rings (SSSR count). The van der Waals surface area contributed by atoms with Gasteiger partial charge in [-0.2, -0.15) is 9.78 Å². The Morgan fingerprint density at radius 1 is 1.09 bits per heavy atom. The summed E-state index contributed by atoms with van der Waals surface area (Å²) in [5.74, 6) is 0.993. The number of nitrogen functional groups attached to an aromatic ring is 1. The van der Waals surface area contributed by atoms with Gasteiger partial charge < -0.3 is 34.9 Å². The van der Waals surface area contributed by atoms with Gasteiger partial charge in [-0.05, 0) is 59.3 Å². The van der Waals surface area contributed by atoms with Crippen molar-refractivity contribution in [1.29, 1.82) is 0 Å². The van der Waals surface area contributed by atoms with Gasteiger partial charge in [-0.1, -0.05) is 18.2 Å². The summed E-state index contributed by atoms with van der Waals surface area (Å²) in [6.07, 6.45) is 8.77. The first kappa shape index (κ1) is 31.9. The van der Waals surface area contributed by atoms with E-state index in [4.69, 9.17) is 25.2 Å². The van der Waals surface area contributed by atoms with Crippen LogP contribution in [-0.2, 0) is 17.7 Å². The average Bonchev–Trinajstić information content (AvgIpc) is 3.66. The number of methoxy groups -OCH3 is 1. The highest BCUT2D eigenvalue weighted by Crippen LogP contribution is 2.40. The molecule has 2 aromatic carbocycles. The van der Waals surface area contributed by atoms with Crippen molar-refractivity contribution >= 4 is 40.0 Å². The molecule has 0 atom stereocenters. The Morgan fingerprint density at radius 3 is 2.64 bits per heavy atom. The highest BCUT2D eigenvalue weighted by Gasteiger charge is 2.24. The number of hydrogen-bond donors (Lipinski definition) is 2. The lowest BCUT2D eigenvalue weighted by Crippen LogP contribution is -2.29. The number of benzene rings is 2. The third-order valence-corrected chi connectivity index (χ3v) is 8.23. The van der Waals surface area contributed by atoms with Crippen molar-refractivity contribution in [2.75, 3.05) is 57.3 Å². The van der Waals surface area contributed by atoms with Crippen LogP contribution < -0.4 is 20.7 Å². The fraction of sp³-hybridized carbons (Fsp3) is 0.371. The van der Waals surface area contributed by atoms with Crippen LogP contribution in [0.25, 0.3) is 33.3 Å². The largest absolute Gasteiger partial charge is 0.494 e. The molecule has 0 spiro atoms. The minimum atomic E-state index is -0.652. The Labute approximate surface area is 275 Å². The number of aromatic nitrogens is 5. The van der Waals surface area contributed by atoms with Crippen molar-refractivity contribution in [1.82, 2.24) is 29.2 Å². The monoisotopic (exact) mass is 637 g/mol. The normalized spacial score (nSPS) is 12.9. The van der Waals surface area contributed by atoms with E-state index in [1.54, 1.807) is 25.7 Å². The fourth-order valence-electron chi connectivity index (χ4n) is 5.95. The summed E-state index contributed by atoms with van der Waals surface area (Å²) < 4.78 is 14.8. The average molecular weight is 638 g/mol. The number of nitrogens with zero attached hydrogens (tertiary/aromatic N) is 7. The van der Waals surface area contributed by atoms with Crippen LogP contribution in [0, 0.1) is 0 Å². The first-order chi connectivity index (χ1) is 22.4. The molecule has 0 amide bonds. The van der Waals surface area contributed by atoms with Crippen LogP contribution in [0.15, 0.2) is 55.1 Å². The van der Waals surface area contributed by atoms with Crippen LogP contribution in [0.2, 0.25) is 0 Å². The van der Waals surface area contributed by atoms with Gasteiger partial charge in [0.25, 0.3) is 0 Å². The smallest absolute Gasteiger partial charge is 0.435 e. The van der Waals surface area contributed by atoms with Gasteiger partial charge >= 0.3 is 6.09 Å². The molecule has 0 bridgehead atoms. The Balaban J connectivity index is 1.42. The van der Waals surface area contributed by atoms with E-state index in [0.717, 1.165) is 54.7 Å². The van der Waals surface area contributed by atoms with Gasteiger partial charge in [-0.15, -0.1) is 0 Å². The van der Waals surface area contributed by atoms with Gasteiger partial charge in [0.2, 0.25) is 5.95 Å². The molecule has 12 nitrogen and oxygen atoms in total. The van der Waals surface area contributed by atoms with Crippen LogP contribution in [0.3, 0.4) is 0 Å². The van der Waals surface area contributed by atoms with E-state index in [2.05, 4.69) is 49.2 Å². The first-order valence-electron chi connectivity index (χ1n) is 15.8. The number of rotatable bonds is 9. The molecule has 12 heteroatoms. The van der Waals surface area contributed by atoms with Crippen molar-refractivity contribution in [3.05, 3.63) is 60.7 Å². The number of ether oxygens (including phenoxy) is 2. The quantitative estimate of drug-likeness (QED) is 0.185. The number of likely N-dealkylation sites (N-methyl/N-ethyl adjacent to an activating group) is 2. The summed E-state index contributed by atoms with van der Waals surface area (Å²) in [7, 11) is 7.73. The molecule has 0 aliphatic carbocycles. The van der Waals surface area contributed by atoms with Gasteiger partial charge in [0, 0.05) is 73.4 Å². The number of anilines is 4. The number of carbonyl (C=O) groups excluding carboxylic acids is 1. The summed E-state index contributed by atoms with van der Waals surface area (Å²) in [4.78, 5) is 26.8. The Bertz CT molecular complexity index is 1940. The molecule has 0 saturated carbocycles. The predicted octanol–water partition coefficient (Wildman–Crippen LogP) is 6.02. The molecular weight excluding hydrogens is 594 g/mol. The van der Waals surface area contributed by atoms with Crippen molar-refractivity contribution < 1.29 is 14.3 Å². The first-order valence-corrected chi connectivity index (χ1v) is 15.8. The molecule has 1 aliphatic heterocycles. The zero-order chi connectivity index (χ0) is 33.5. The summed E-state index contributed by atoms with van der Waals surface area (Å²) in [6.45, 7) is 8.09. The molecule has 1 aliphatic rings. The third-order valence-electron chi connectivity index (χ3n) is 8.23. The second kappa shape index (κ2) is 12.6. The van der Waals surface area contributed by atoms with Gasteiger partial charge in [-0.3, -0.25) is 0 Å². The number of nitrogens with one attached hydrogen (secondary N) is 1. The van der Waals surface area contributed by atoms with Crippen molar-refractivity contribution in [3.8, 4) is 28.1 Å². The number of para-hydroxylation sites is 1. The second-order valence-electron chi connectivity index (χ2n) is 13.2. The van der Waals surface area contributed by atoms with Crippen LogP contribution in [-0.4, -0.2) is 82.3 Å². The predicted molar refractivity (Wildman–Crippen MR) is 187 cm³/mol. The Morgan fingerprint density at radius 2 is 1.89 bits per heavy atom. The van der Waals surface area contributed by atoms with Gasteiger partial charge in [-0.25, -0.2) is 14.8 Å². The summed E-state index contributed by atoms with van der Waals surface area (Å²) >= 11 is 0. The minimum absolute atomic E-state index is 0.377. The van der Waals surface area contributed by atoms with Crippen molar-refractivity contribution in [3.63, 3.8) is 0 Å². The van der Waals surface area contributed by atoms with Crippen LogP contribution in [0.5, 0.6) is 5.75 Å². The zero-order valence-corrected chi connectivity index (χ0v) is 28.2. The SMILES string of the molecule is COc1cc(N(C)CCN(C)C)c(N)cc1Nc1ncc(-c2cnn(C(=O)OC(C)(C)C)c2)c(-c2cn3c4c(cccc24)CCC3)n1. The molecule has 0 unspecified atom stereocenters. The molecule has 3 aromatic heterocycles. The molecule has 246 valence electrons. The molecule has 0 radical (unpaired) electrons. The van der Waals surface area contributed by atoms with E-state index in [1.165, 1.54) is 15.8 Å². The molecule has 5 aromatic rings. The van der Waals surface area contributed by atoms with Crippen LogP contribution >= 0.6 is 0 Å². The van der Waals surface area contributed by atoms with Crippen LogP contribution in [0.4, 0.5) is 27.8 Å². The molecular formula is C35H43N9O3. The van der Waals surface area contributed by atoms with E-state index in [-0.39, 0.29) is 0 Å². The van der Waals surface area contributed by atoms with Gasteiger partial charge in [0.1, 0.15) is 11.4 Å². The molecule has 4 heterocycles. The van der Waals surface area contributed by atoms with Crippen LogP contribution in [0.1, 0.15) is 32.8 Å². The summed E-state index contributed by atoms with van der Waals surface area (Å²) in [5, 5.41) is 8.78. The third kappa shape index (κ3) is 6.59. The van der Waals surface area contributed by atoms with E-state index < -0.39 is 11.7 Å². The van der Waals surface area contributed by atoms with Gasteiger partial charge in [0.05, 0.1) is 41.6 Å². The number of hydrogen-bond acceptors (Lipinski definition) is 10. The Hall–Kier alpha value is -5.10. The summed E-state index contributed by atoms with van der Waals surface area (Å²) in [5.41, 5.74) is 13.7. The van der Waals surface area contributed by atoms with Crippen molar-refractivity contribution in [2.45, 2.75) is 45.8 Å². The minimum Gasteiger partial charge on any atom is -0.494 e. The van der Waals surface area contributed by atoms with Gasteiger partial charge in [0.15, 0.2) is 0 Å².